The lowest BCUT2D eigenvalue weighted by Crippen LogP contribution is -2.44. The number of carbonyl (C=O) groups is 2. The van der Waals surface area contributed by atoms with Gasteiger partial charge in [0.1, 0.15) is 11.8 Å². The monoisotopic (exact) mass is 334 g/mol. The minimum Gasteiger partial charge on any atom is -0.494 e. The highest BCUT2D eigenvalue weighted by Gasteiger charge is 2.31. The first-order valence-corrected chi connectivity index (χ1v) is 8.39. The molecule has 0 aromatic heterocycles. The van der Waals surface area contributed by atoms with Crippen LogP contribution < -0.4 is 4.74 Å². The van der Waals surface area contributed by atoms with Gasteiger partial charge in [0.25, 0.3) is 0 Å². The predicted octanol–water partition coefficient (Wildman–Crippen LogP) is 2.15. The summed E-state index contributed by atoms with van der Waals surface area (Å²) in [6.07, 6.45) is 1.89. The second kappa shape index (κ2) is 8.15. The average molecular weight is 334 g/mol. The van der Waals surface area contributed by atoms with Gasteiger partial charge in [0.2, 0.25) is 5.91 Å². The van der Waals surface area contributed by atoms with Crippen LogP contribution in [0.5, 0.6) is 5.75 Å². The average Bonchev–Trinajstić information content (AvgIpc) is 3.04. The molecule has 1 N–H and O–H groups in total. The van der Waals surface area contributed by atoms with Crippen molar-refractivity contribution in [2.45, 2.75) is 38.8 Å². The van der Waals surface area contributed by atoms with Gasteiger partial charge in [-0.2, -0.15) is 0 Å². The van der Waals surface area contributed by atoms with Crippen molar-refractivity contribution in [3.05, 3.63) is 29.8 Å². The molecule has 1 aliphatic heterocycles. The van der Waals surface area contributed by atoms with Crippen LogP contribution in [0.2, 0.25) is 0 Å². The largest absolute Gasteiger partial charge is 0.494 e. The van der Waals surface area contributed by atoms with E-state index in [1.165, 1.54) is 0 Å². The molecule has 6 heteroatoms. The SMILES string of the molecule is CCOc1ccc(C2CCCN2C(=O)CN(C)C(C)C(=O)O)cc1. The summed E-state index contributed by atoms with van der Waals surface area (Å²) in [5, 5.41) is 9.05. The zero-order valence-electron chi connectivity index (χ0n) is 14.6. The Hall–Kier alpha value is -2.08. The molecule has 1 saturated heterocycles. The van der Waals surface area contributed by atoms with Crippen molar-refractivity contribution in [3.63, 3.8) is 0 Å². The number of rotatable bonds is 7. The van der Waals surface area contributed by atoms with Gasteiger partial charge < -0.3 is 14.7 Å². The second-order valence-electron chi connectivity index (χ2n) is 6.18. The van der Waals surface area contributed by atoms with Crippen molar-refractivity contribution < 1.29 is 19.4 Å². The van der Waals surface area contributed by atoms with Crippen molar-refractivity contribution in [2.24, 2.45) is 0 Å². The molecule has 2 rings (SSSR count). The van der Waals surface area contributed by atoms with Gasteiger partial charge >= 0.3 is 5.97 Å². The van der Waals surface area contributed by atoms with Crippen molar-refractivity contribution in [1.29, 1.82) is 0 Å². The van der Waals surface area contributed by atoms with E-state index in [0.29, 0.717) is 13.2 Å². The van der Waals surface area contributed by atoms with Crippen LogP contribution in [0.3, 0.4) is 0 Å². The second-order valence-corrected chi connectivity index (χ2v) is 6.18. The van der Waals surface area contributed by atoms with Crippen LogP contribution in [0, 0.1) is 0 Å². The number of nitrogens with zero attached hydrogens (tertiary/aromatic N) is 2. The molecule has 0 spiro atoms. The molecule has 1 aromatic rings. The summed E-state index contributed by atoms with van der Waals surface area (Å²) in [7, 11) is 1.67. The fraction of sp³-hybridized carbons (Fsp3) is 0.556. The van der Waals surface area contributed by atoms with Crippen LogP contribution in [-0.4, -0.2) is 59.6 Å². The molecule has 1 heterocycles. The van der Waals surface area contributed by atoms with Crippen LogP contribution in [0.25, 0.3) is 0 Å². The number of aliphatic carboxylic acids is 1. The molecule has 1 aromatic carbocycles. The molecule has 1 aliphatic rings. The van der Waals surface area contributed by atoms with Gasteiger partial charge in [-0.15, -0.1) is 0 Å². The lowest BCUT2D eigenvalue weighted by Gasteiger charge is -2.28. The van der Waals surface area contributed by atoms with Gasteiger partial charge in [0.15, 0.2) is 0 Å². The first-order chi connectivity index (χ1) is 11.4. The number of carboxylic acid groups (broad SMARTS) is 1. The lowest BCUT2D eigenvalue weighted by molar-refractivity contribution is -0.143. The smallest absolute Gasteiger partial charge is 0.320 e. The Labute approximate surface area is 143 Å². The number of ether oxygens (including phenoxy) is 1. The van der Waals surface area contributed by atoms with E-state index in [1.807, 2.05) is 36.1 Å². The summed E-state index contributed by atoms with van der Waals surface area (Å²) < 4.78 is 5.46. The van der Waals surface area contributed by atoms with Crippen LogP contribution >= 0.6 is 0 Å². The number of carbonyl (C=O) groups excluding carboxylic acids is 1. The van der Waals surface area contributed by atoms with E-state index in [4.69, 9.17) is 9.84 Å². The molecule has 132 valence electrons. The maximum Gasteiger partial charge on any atom is 0.320 e. The lowest BCUT2D eigenvalue weighted by atomic mass is 10.0. The maximum atomic E-state index is 12.6. The van der Waals surface area contributed by atoms with Crippen molar-refractivity contribution in [2.75, 3.05) is 26.7 Å². The maximum absolute atomic E-state index is 12.6. The first-order valence-electron chi connectivity index (χ1n) is 8.39. The fourth-order valence-corrected chi connectivity index (χ4v) is 2.99. The van der Waals surface area contributed by atoms with E-state index in [2.05, 4.69) is 0 Å². The topological polar surface area (TPSA) is 70.1 Å². The Morgan fingerprint density at radius 3 is 2.62 bits per heavy atom. The predicted molar refractivity (Wildman–Crippen MR) is 91.0 cm³/mol. The Bertz CT molecular complexity index is 573. The normalized spacial score (nSPS) is 18.7. The van der Waals surface area contributed by atoms with E-state index in [1.54, 1.807) is 18.9 Å². The number of amides is 1. The molecule has 1 amide bonds. The summed E-state index contributed by atoms with van der Waals surface area (Å²) in [5.41, 5.74) is 1.10. The van der Waals surface area contributed by atoms with Crippen LogP contribution in [-0.2, 0) is 9.59 Å². The Balaban J connectivity index is 2.04. The number of hydrogen-bond acceptors (Lipinski definition) is 4. The van der Waals surface area contributed by atoms with E-state index in [9.17, 15) is 9.59 Å². The number of likely N-dealkylation sites (tertiary alicyclic amines) is 1. The highest BCUT2D eigenvalue weighted by Crippen LogP contribution is 2.32. The number of hydrogen-bond donors (Lipinski definition) is 1. The first kappa shape index (κ1) is 18.3. The molecule has 24 heavy (non-hydrogen) atoms. The van der Waals surface area contributed by atoms with Crippen molar-refractivity contribution in [3.8, 4) is 5.75 Å². The quantitative estimate of drug-likeness (QED) is 0.827. The minimum atomic E-state index is -0.921. The molecule has 0 aliphatic carbocycles. The summed E-state index contributed by atoms with van der Waals surface area (Å²) in [4.78, 5) is 27.1. The van der Waals surface area contributed by atoms with Crippen molar-refractivity contribution >= 4 is 11.9 Å². The molecule has 1 fully saturated rings. The third-order valence-corrected chi connectivity index (χ3v) is 4.55. The Morgan fingerprint density at radius 1 is 1.38 bits per heavy atom. The van der Waals surface area contributed by atoms with Crippen molar-refractivity contribution in [1.82, 2.24) is 9.80 Å². The zero-order valence-corrected chi connectivity index (χ0v) is 14.6. The summed E-state index contributed by atoms with van der Waals surface area (Å²) in [5.74, 6) is -0.121. The molecular weight excluding hydrogens is 308 g/mol. The molecule has 0 bridgehead atoms. The summed E-state index contributed by atoms with van der Waals surface area (Å²) >= 11 is 0. The fourth-order valence-electron chi connectivity index (χ4n) is 2.99. The third kappa shape index (κ3) is 4.26. The highest BCUT2D eigenvalue weighted by atomic mass is 16.5. The van der Waals surface area contributed by atoms with Gasteiger partial charge in [-0.05, 0) is 51.4 Å². The van der Waals surface area contributed by atoms with E-state index >= 15 is 0 Å². The Morgan fingerprint density at radius 2 is 2.04 bits per heavy atom. The van der Waals surface area contributed by atoms with Crippen LogP contribution in [0.15, 0.2) is 24.3 Å². The van der Waals surface area contributed by atoms with E-state index < -0.39 is 12.0 Å². The molecule has 2 atom stereocenters. The standard InChI is InChI=1S/C18H26N2O4/c1-4-24-15-9-7-14(8-10-15)16-6-5-11-20(16)17(21)12-19(3)13(2)18(22)23/h7-10,13,16H,4-6,11-12H2,1-3H3,(H,22,23). The van der Waals surface area contributed by atoms with Crippen LogP contribution in [0.1, 0.15) is 38.3 Å². The summed E-state index contributed by atoms with van der Waals surface area (Å²) in [6.45, 7) is 4.98. The van der Waals surface area contributed by atoms with E-state index in [0.717, 1.165) is 24.2 Å². The van der Waals surface area contributed by atoms with Crippen LogP contribution in [0.4, 0.5) is 0 Å². The van der Waals surface area contributed by atoms with Gasteiger partial charge in [-0.1, -0.05) is 12.1 Å². The molecule has 0 radical (unpaired) electrons. The highest BCUT2D eigenvalue weighted by molar-refractivity contribution is 5.80. The van der Waals surface area contributed by atoms with E-state index in [-0.39, 0.29) is 18.5 Å². The molecular formula is C18H26N2O4. The molecule has 2 unspecified atom stereocenters. The summed E-state index contributed by atoms with van der Waals surface area (Å²) in [6, 6.07) is 7.24. The Kier molecular flexibility index (Phi) is 6.20. The van der Waals surface area contributed by atoms with Gasteiger partial charge in [0.05, 0.1) is 19.2 Å². The third-order valence-electron chi connectivity index (χ3n) is 4.55. The minimum absolute atomic E-state index is 0.0259. The number of benzene rings is 1. The number of carboxylic acids is 1. The molecule has 6 nitrogen and oxygen atoms in total. The zero-order chi connectivity index (χ0) is 17.7. The van der Waals surface area contributed by atoms with Gasteiger partial charge in [-0.3, -0.25) is 14.5 Å². The van der Waals surface area contributed by atoms with Gasteiger partial charge in [0, 0.05) is 6.54 Å². The number of likely N-dealkylation sites (N-methyl/N-ethyl adjacent to an activating group) is 1. The molecule has 0 saturated carbocycles. The van der Waals surface area contributed by atoms with Gasteiger partial charge in [-0.25, -0.2) is 0 Å².